The maximum absolute atomic E-state index is 14.1. The van der Waals surface area contributed by atoms with E-state index in [9.17, 15) is 9.18 Å². The first-order chi connectivity index (χ1) is 12.6. The summed E-state index contributed by atoms with van der Waals surface area (Å²) < 4.78 is 26.4. The molecule has 8 nitrogen and oxygen atoms in total. The summed E-state index contributed by atoms with van der Waals surface area (Å²) in [7, 11) is 0. The van der Waals surface area contributed by atoms with Crippen molar-refractivity contribution in [2.45, 2.75) is 19.1 Å². The first kappa shape index (κ1) is 15.5. The largest absolute Gasteiger partial charge is 0.417 e. The van der Waals surface area contributed by atoms with Crippen LogP contribution in [0.4, 0.5) is 4.39 Å². The Balaban J connectivity index is 1.64. The minimum Gasteiger partial charge on any atom is -0.407 e. The standard InChI is InChI=1S/C16H11ClFN5O3/c17-12-9(18)3-8(14-13(12)22-16(24)26-14)10-4-19-15-11(21-10)5-20-23(15)6-7-1-2-25-7/h3-5,7H,1-2,6H2,(H,22,24)/t7-/m1/s1. The van der Waals surface area contributed by atoms with E-state index in [4.69, 9.17) is 20.8 Å². The Hall–Kier alpha value is -2.78. The van der Waals surface area contributed by atoms with Gasteiger partial charge in [0.2, 0.25) is 0 Å². The lowest BCUT2D eigenvalue weighted by Gasteiger charge is -2.26. The number of oxazole rings is 1. The van der Waals surface area contributed by atoms with Crippen LogP contribution in [0.25, 0.3) is 33.5 Å². The van der Waals surface area contributed by atoms with Gasteiger partial charge in [-0.05, 0) is 12.5 Å². The molecule has 1 aromatic carbocycles. The monoisotopic (exact) mass is 375 g/mol. The van der Waals surface area contributed by atoms with E-state index in [1.54, 1.807) is 10.9 Å². The van der Waals surface area contributed by atoms with Crippen LogP contribution in [-0.2, 0) is 11.3 Å². The van der Waals surface area contributed by atoms with Crippen LogP contribution >= 0.6 is 11.6 Å². The van der Waals surface area contributed by atoms with Crippen LogP contribution in [0.15, 0.2) is 27.7 Å². The number of aromatic nitrogens is 5. The third-order valence-electron chi connectivity index (χ3n) is 4.38. The fraction of sp³-hybridized carbons (Fsp3) is 0.250. The average molecular weight is 376 g/mol. The van der Waals surface area contributed by atoms with Gasteiger partial charge >= 0.3 is 5.76 Å². The second-order valence-corrected chi connectivity index (χ2v) is 6.39. The zero-order chi connectivity index (χ0) is 17.8. The van der Waals surface area contributed by atoms with Crippen LogP contribution in [0.3, 0.4) is 0 Å². The molecule has 0 amide bonds. The van der Waals surface area contributed by atoms with Gasteiger partial charge in [-0.2, -0.15) is 5.10 Å². The summed E-state index contributed by atoms with van der Waals surface area (Å²) in [6, 6.07) is 1.17. The predicted octanol–water partition coefficient (Wildman–Crippen LogP) is 2.51. The van der Waals surface area contributed by atoms with Gasteiger partial charge < -0.3 is 9.15 Å². The van der Waals surface area contributed by atoms with Crippen LogP contribution in [0.2, 0.25) is 5.02 Å². The van der Waals surface area contributed by atoms with Gasteiger partial charge in [-0.15, -0.1) is 0 Å². The Morgan fingerprint density at radius 2 is 2.27 bits per heavy atom. The van der Waals surface area contributed by atoms with Gasteiger partial charge in [0.25, 0.3) is 0 Å². The zero-order valence-corrected chi connectivity index (χ0v) is 14.0. The Morgan fingerprint density at radius 3 is 3.04 bits per heavy atom. The highest BCUT2D eigenvalue weighted by Crippen LogP contribution is 2.33. The van der Waals surface area contributed by atoms with Crippen molar-refractivity contribution in [2.75, 3.05) is 6.61 Å². The molecule has 4 heterocycles. The molecule has 4 aromatic rings. The minimum atomic E-state index is -0.726. The highest BCUT2D eigenvalue weighted by Gasteiger charge is 2.22. The molecule has 5 rings (SSSR count). The number of nitrogens with one attached hydrogen (secondary N) is 1. The van der Waals surface area contributed by atoms with Crippen LogP contribution < -0.4 is 5.76 Å². The van der Waals surface area contributed by atoms with Gasteiger partial charge in [0.05, 0.1) is 30.7 Å². The second kappa shape index (κ2) is 5.61. The average Bonchev–Trinajstić information content (AvgIpc) is 3.17. The fourth-order valence-electron chi connectivity index (χ4n) is 2.98. The Labute approximate surface area is 149 Å². The summed E-state index contributed by atoms with van der Waals surface area (Å²) in [5, 5.41) is 4.08. The zero-order valence-electron chi connectivity index (χ0n) is 13.2. The highest BCUT2D eigenvalue weighted by atomic mass is 35.5. The van der Waals surface area contributed by atoms with Crippen molar-refractivity contribution in [1.82, 2.24) is 24.7 Å². The molecule has 1 aliphatic rings. The topological polar surface area (TPSA) is 98.8 Å². The Kier molecular flexibility index (Phi) is 3.34. The van der Waals surface area contributed by atoms with E-state index in [0.29, 0.717) is 23.4 Å². The van der Waals surface area contributed by atoms with Gasteiger partial charge in [-0.3, -0.25) is 4.98 Å². The molecule has 0 aliphatic carbocycles. The molecule has 26 heavy (non-hydrogen) atoms. The number of hydrogen-bond donors (Lipinski definition) is 1. The Bertz CT molecular complexity index is 1210. The molecule has 0 spiro atoms. The van der Waals surface area contributed by atoms with Crippen molar-refractivity contribution in [3.8, 4) is 11.3 Å². The number of benzene rings is 1. The molecule has 0 unspecified atom stereocenters. The van der Waals surface area contributed by atoms with Gasteiger partial charge in [0.1, 0.15) is 21.9 Å². The molecule has 1 saturated heterocycles. The molecule has 0 bridgehead atoms. The van der Waals surface area contributed by atoms with Gasteiger partial charge in [0, 0.05) is 12.2 Å². The van der Waals surface area contributed by atoms with Crippen LogP contribution in [0.1, 0.15) is 6.42 Å². The molecule has 0 saturated carbocycles. The Morgan fingerprint density at radius 1 is 1.42 bits per heavy atom. The molecular formula is C16H11ClFN5O3. The molecule has 10 heteroatoms. The van der Waals surface area contributed by atoms with Crippen molar-refractivity contribution in [3.05, 3.63) is 39.9 Å². The minimum absolute atomic E-state index is 0.0893. The van der Waals surface area contributed by atoms with E-state index in [-0.39, 0.29) is 27.8 Å². The summed E-state index contributed by atoms with van der Waals surface area (Å²) >= 11 is 5.90. The number of fused-ring (bicyclic) bond motifs is 2. The number of halogens is 2. The SMILES string of the molecule is O=c1[nH]c2c(Cl)c(F)cc(-c3cnc4c(cnn4C[C@H]4CCO4)n3)c2o1. The number of rotatable bonds is 3. The summed E-state index contributed by atoms with van der Waals surface area (Å²) in [4.78, 5) is 22.8. The highest BCUT2D eigenvalue weighted by molar-refractivity contribution is 6.35. The summed E-state index contributed by atoms with van der Waals surface area (Å²) in [6.07, 6.45) is 4.19. The van der Waals surface area contributed by atoms with Crippen molar-refractivity contribution in [1.29, 1.82) is 0 Å². The molecule has 1 fully saturated rings. The van der Waals surface area contributed by atoms with Crippen molar-refractivity contribution in [3.63, 3.8) is 0 Å². The quantitative estimate of drug-likeness (QED) is 0.590. The van der Waals surface area contributed by atoms with E-state index in [0.717, 1.165) is 13.0 Å². The summed E-state index contributed by atoms with van der Waals surface area (Å²) in [6.45, 7) is 1.36. The first-order valence-electron chi connectivity index (χ1n) is 7.91. The van der Waals surface area contributed by atoms with Crippen molar-refractivity contribution in [2.24, 2.45) is 0 Å². The lowest BCUT2D eigenvalue weighted by Crippen LogP contribution is -2.31. The van der Waals surface area contributed by atoms with Gasteiger partial charge in [-0.25, -0.2) is 23.8 Å². The number of nitrogens with zero attached hydrogens (tertiary/aromatic N) is 4. The molecule has 3 aromatic heterocycles. The number of aromatic amines is 1. The summed E-state index contributed by atoms with van der Waals surface area (Å²) in [5.74, 6) is -1.41. The van der Waals surface area contributed by atoms with E-state index >= 15 is 0 Å². The first-order valence-corrected chi connectivity index (χ1v) is 8.29. The van der Waals surface area contributed by atoms with Crippen LogP contribution in [0.5, 0.6) is 0 Å². The molecule has 1 aliphatic heterocycles. The number of hydrogen-bond acceptors (Lipinski definition) is 6. The van der Waals surface area contributed by atoms with Gasteiger partial charge in [-0.1, -0.05) is 11.6 Å². The van der Waals surface area contributed by atoms with E-state index < -0.39 is 11.6 Å². The van der Waals surface area contributed by atoms with E-state index in [1.165, 1.54) is 12.3 Å². The lowest BCUT2D eigenvalue weighted by molar-refractivity contribution is -0.0603. The lowest BCUT2D eigenvalue weighted by atomic mass is 10.1. The molecule has 0 radical (unpaired) electrons. The third kappa shape index (κ3) is 2.31. The van der Waals surface area contributed by atoms with Crippen molar-refractivity contribution < 1.29 is 13.5 Å². The van der Waals surface area contributed by atoms with E-state index in [2.05, 4.69) is 20.1 Å². The molecule has 1 atom stereocenters. The number of H-pyrrole nitrogens is 1. The summed E-state index contributed by atoms with van der Waals surface area (Å²) in [5.41, 5.74) is 2.00. The van der Waals surface area contributed by atoms with E-state index in [1.807, 2.05) is 0 Å². The molecule has 132 valence electrons. The third-order valence-corrected chi connectivity index (χ3v) is 4.75. The maximum atomic E-state index is 14.1. The van der Waals surface area contributed by atoms with Crippen molar-refractivity contribution >= 4 is 33.9 Å². The number of ether oxygens (including phenoxy) is 1. The van der Waals surface area contributed by atoms with Gasteiger partial charge in [0.15, 0.2) is 11.2 Å². The second-order valence-electron chi connectivity index (χ2n) is 6.01. The normalized spacial score (nSPS) is 17.1. The molecule has 1 N–H and O–H groups in total. The molecular weight excluding hydrogens is 365 g/mol. The fourth-order valence-corrected chi connectivity index (χ4v) is 3.17. The smallest absolute Gasteiger partial charge is 0.407 e. The van der Waals surface area contributed by atoms with Crippen LogP contribution in [0, 0.1) is 5.82 Å². The maximum Gasteiger partial charge on any atom is 0.417 e. The van der Waals surface area contributed by atoms with Crippen LogP contribution in [-0.4, -0.2) is 37.4 Å². The predicted molar refractivity (Wildman–Crippen MR) is 90.5 cm³/mol.